The van der Waals surface area contributed by atoms with Crippen molar-refractivity contribution in [2.45, 2.75) is 6.18 Å². The van der Waals surface area contributed by atoms with Crippen molar-refractivity contribution in [2.24, 2.45) is 0 Å². The molecule has 6 nitrogen and oxygen atoms in total. The summed E-state index contributed by atoms with van der Waals surface area (Å²) in [6, 6.07) is 9.57. The van der Waals surface area contributed by atoms with Crippen LogP contribution < -0.4 is 10.1 Å². The maximum Gasteiger partial charge on any atom is 0.417 e. The molecule has 2 aromatic rings. The van der Waals surface area contributed by atoms with Gasteiger partial charge in [0.1, 0.15) is 34.7 Å². The van der Waals surface area contributed by atoms with E-state index in [-0.39, 0.29) is 33.1 Å². The molecule has 0 saturated carbocycles. The van der Waals surface area contributed by atoms with E-state index in [1.807, 2.05) is 0 Å². The minimum Gasteiger partial charge on any atom is -0.436 e. The number of alkyl halides is 3. The van der Waals surface area contributed by atoms with Gasteiger partial charge in [0.15, 0.2) is 5.57 Å². The van der Waals surface area contributed by atoms with Crippen LogP contribution in [0.5, 0.6) is 11.6 Å². The normalized spacial score (nSPS) is 10.2. The Hall–Kier alpha value is -3.45. The maximum absolute atomic E-state index is 12.6. The van der Waals surface area contributed by atoms with E-state index in [4.69, 9.17) is 43.7 Å². The van der Waals surface area contributed by atoms with Crippen LogP contribution in [0.3, 0.4) is 0 Å². The van der Waals surface area contributed by atoms with Gasteiger partial charge in [0, 0.05) is 11.9 Å². The Bertz CT molecular complexity index is 1060. The highest BCUT2D eigenvalue weighted by Crippen LogP contribution is 2.37. The van der Waals surface area contributed by atoms with Crippen LogP contribution in [0.4, 0.5) is 18.9 Å². The SMILES string of the molecule is N#CC(C#N)=C(C#N)Nc1ccc(Oc2ncc(C(F)(F)F)cc2Cl)c(Cl)c1. The number of nitrogens with zero attached hydrogens (tertiary/aromatic N) is 4. The molecule has 0 unspecified atom stereocenters. The Morgan fingerprint density at radius 2 is 1.71 bits per heavy atom. The molecule has 11 heteroatoms. The third-order valence-electron chi connectivity index (χ3n) is 3.13. The molecule has 1 aromatic heterocycles. The fraction of sp³-hybridized carbons (Fsp3) is 0.0588. The van der Waals surface area contributed by atoms with Crippen molar-refractivity contribution in [3.05, 3.63) is 57.3 Å². The molecule has 140 valence electrons. The van der Waals surface area contributed by atoms with Crippen molar-refractivity contribution in [3.8, 4) is 29.8 Å². The zero-order valence-corrected chi connectivity index (χ0v) is 15.0. The standard InChI is InChI=1S/C17H6Cl2F3N5O/c18-12-4-11(27-14(7-25)9(5-23)6-24)1-2-15(12)28-16-13(19)3-10(8-26-16)17(20,21)22/h1-4,8,27H. The highest BCUT2D eigenvalue weighted by molar-refractivity contribution is 6.33. The number of hydrogen-bond donors (Lipinski definition) is 1. The van der Waals surface area contributed by atoms with Crippen molar-refractivity contribution in [2.75, 3.05) is 5.32 Å². The first-order valence-electron chi connectivity index (χ1n) is 7.11. The van der Waals surface area contributed by atoms with E-state index >= 15 is 0 Å². The van der Waals surface area contributed by atoms with Crippen molar-refractivity contribution in [3.63, 3.8) is 0 Å². The smallest absolute Gasteiger partial charge is 0.417 e. The van der Waals surface area contributed by atoms with Gasteiger partial charge in [-0.2, -0.15) is 29.0 Å². The van der Waals surface area contributed by atoms with Gasteiger partial charge in [0.05, 0.1) is 10.6 Å². The summed E-state index contributed by atoms with van der Waals surface area (Å²) in [5.41, 5.74) is -1.46. The number of allylic oxidation sites excluding steroid dienone is 2. The largest absolute Gasteiger partial charge is 0.436 e. The molecule has 0 fully saturated rings. The summed E-state index contributed by atoms with van der Waals surface area (Å²) in [6.45, 7) is 0. The number of ether oxygens (including phenoxy) is 1. The van der Waals surface area contributed by atoms with Gasteiger partial charge in [0.25, 0.3) is 0 Å². The van der Waals surface area contributed by atoms with Crippen molar-refractivity contribution >= 4 is 28.9 Å². The second-order valence-electron chi connectivity index (χ2n) is 4.97. The van der Waals surface area contributed by atoms with E-state index in [1.54, 1.807) is 18.2 Å². The van der Waals surface area contributed by atoms with Gasteiger partial charge in [-0.15, -0.1) is 0 Å². The summed E-state index contributed by atoms with van der Waals surface area (Å²) in [4.78, 5) is 3.54. The van der Waals surface area contributed by atoms with E-state index in [1.165, 1.54) is 18.2 Å². The van der Waals surface area contributed by atoms with Crippen LogP contribution in [0.25, 0.3) is 0 Å². The number of benzene rings is 1. The van der Waals surface area contributed by atoms with Crippen LogP contribution >= 0.6 is 23.2 Å². The quantitative estimate of drug-likeness (QED) is 0.656. The molecule has 0 aliphatic rings. The Labute approximate surface area is 166 Å². The molecule has 0 atom stereocenters. The number of pyridine rings is 1. The number of anilines is 1. The van der Waals surface area contributed by atoms with Crippen LogP contribution in [-0.2, 0) is 6.18 Å². The molecule has 1 aromatic carbocycles. The van der Waals surface area contributed by atoms with E-state index in [9.17, 15) is 13.2 Å². The van der Waals surface area contributed by atoms with E-state index < -0.39 is 17.3 Å². The molecule has 0 radical (unpaired) electrons. The number of hydrogen-bond acceptors (Lipinski definition) is 6. The van der Waals surface area contributed by atoms with Crippen LogP contribution in [0.2, 0.25) is 10.0 Å². The molecule has 1 heterocycles. The molecule has 0 aliphatic heterocycles. The molecule has 0 amide bonds. The molecule has 0 saturated heterocycles. The van der Waals surface area contributed by atoms with Crippen molar-refractivity contribution < 1.29 is 17.9 Å². The number of nitrogens with one attached hydrogen (secondary N) is 1. The van der Waals surface area contributed by atoms with Crippen LogP contribution in [-0.4, -0.2) is 4.98 Å². The molecule has 28 heavy (non-hydrogen) atoms. The van der Waals surface area contributed by atoms with E-state index in [0.717, 1.165) is 0 Å². The zero-order chi connectivity index (χ0) is 20.9. The highest BCUT2D eigenvalue weighted by Gasteiger charge is 2.31. The predicted molar refractivity (Wildman–Crippen MR) is 93.3 cm³/mol. The first-order valence-corrected chi connectivity index (χ1v) is 7.87. The monoisotopic (exact) mass is 423 g/mol. The van der Waals surface area contributed by atoms with Crippen molar-refractivity contribution in [1.29, 1.82) is 15.8 Å². The zero-order valence-electron chi connectivity index (χ0n) is 13.5. The topological polar surface area (TPSA) is 106 Å². The summed E-state index contributed by atoms with van der Waals surface area (Å²) < 4.78 is 43.3. The Morgan fingerprint density at radius 3 is 2.21 bits per heavy atom. The maximum atomic E-state index is 12.6. The summed E-state index contributed by atoms with van der Waals surface area (Å²) in [7, 11) is 0. The fourth-order valence-electron chi connectivity index (χ4n) is 1.85. The third-order valence-corrected chi connectivity index (χ3v) is 3.69. The van der Waals surface area contributed by atoms with Crippen LogP contribution in [0.1, 0.15) is 5.56 Å². The molecule has 2 rings (SSSR count). The lowest BCUT2D eigenvalue weighted by molar-refractivity contribution is -0.137. The van der Waals surface area contributed by atoms with Gasteiger partial charge in [-0.25, -0.2) is 4.98 Å². The first-order chi connectivity index (χ1) is 13.2. The lowest BCUT2D eigenvalue weighted by atomic mass is 10.2. The minimum absolute atomic E-state index is 0.00974. The van der Waals surface area contributed by atoms with Gasteiger partial charge < -0.3 is 10.1 Å². The lowest BCUT2D eigenvalue weighted by Crippen LogP contribution is -2.06. The van der Waals surface area contributed by atoms with Crippen molar-refractivity contribution in [1.82, 2.24) is 4.98 Å². The minimum atomic E-state index is -4.60. The molecule has 1 N–H and O–H groups in total. The lowest BCUT2D eigenvalue weighted by Gasteiger charge is -2.12. The second-order valence-corrected chi connectivity index (χ2v) is 5.78. The van der Waals surface area contributed by atoms with Crippen LogP contribution in [0, 0.1) is 34.0 Å². The Balaban J connectivity index is 2.27. The van der Waals surface area contributed by atoms with E-state index in [2.05, 4.69) is 10.3 Å². The van der Waals surface area contributed by atoms with Gasteiger partial charge in [-0.05, 0) is 24.3 Å². The van der Waals surface area contributed by atoms with Crippen LogP contribution in [0.15, 0.2) is 41.7 Å². The number of rotatable bonds is 4. The fourth-order valence-corrected chi connectivity index (χ4v) is 2.27. The Kier molecular flexibility index (Phi) is 6.33. The number of nitriles is 3. The average Bonchev–Trinajstić information content (AvgIpc) is 2.64. The Morgan fingerprint density at radius 1 is 1.04 bits per heavy atom. The summed E-state index contributed by atoms with van der Waals surface area (Å²) in [6.07, 6.45) is -4.03. The summed E-state index contributed by atoms with van der Waals surface area (Å²) >= 11 is 11.8. The number of halogens is 5. The molecule has 0 aliphatic carbocycles. The second kappa shape index (κ2) is 8.49. The van der Waals surface area contributed by atoms with E-state index in [0.29, 0.717) is 12.3 Å². The first kappa shape index (κ1) is 20.9. The third kappa shape index (κ3) is 4.83. The van der Waals surface area contributed by atoms with Gasteiger partial charge >= 0.3 is 6.18 Å². The summed E-state index contributed by atoms with van der Waals surface area (Å²) in [5.74, 6) is -0.254. The molecular formula is C17H6Cl2F3N5O. The van der Waals surface area contributed by atoms with Gasteiger partial charge in [0.2, 0.25) is 5.88 Å². The molecule has 0 spiro atoms. The van der Waals surface area contributed by atoms with Gasteiger partial charge in [-0.3, -0.25) is 0 Å². The predicted octanol–water partition coefficient (Wildman–Crippen LogP) is 5.44. The van der Waals surface area contributed by atoms with Gasteiger partial charge in [-0.1, -0.05) is 23.2 Å². The average molecular weight is 424 g/mol. The number of aromatic nitrogens is 1. The molecule has 0 bridgehead atoms. The molecular weight excluding hydrogens is 418 g/mol. The summed E-state index contributed by atoms with van der Waals surface area (Å²) in [5, 5.41) is 28.8. The highest BCUT2D eigenvalue weighted by atomic mass is 35.5.